The van der Waals surface area contributed by atoms with Crippen molar-refractivity contribution in [3.05, 3.63) is 54.3 Å². The molecule has 162 valence electrons. The number of nitriles is 1. The largest absolute Gasteiger partial charge is 0.455 e. The van der Waals surface area contributed by atoms with Gasteiger partial charge in [0.15, 0.2) is 6.61 Å². The fourth-order valence-corrected chi connectivity index (χ4v) is 3.59. The summed E-state index contributed by atoms with van der Waals surface area (Å²) in [5.74, 6) is -1.65. The van der Waals surface area contributed by atoms with Crippen LogP contribution in [0.15, 0.2) is 53.4 Å². The van der Waals surface area contributed by atoms with E-state index in [-0.39, 0.29) is 17.4 Å². The third kappa shape index (κ3) is 8.70. The Hall–Kier alpha value is -3.03. The minimum Gasteiger partial charge on any atom is -0.455 e. The quantitative estimate of drug-likeness (QED) is 0.410. The molecule has 0 saturated carbocycles. The Morgan fingerprint density at radius 3 is 2.52 bits per heavy atom. The van der Waals surface area contributed by atoms with Gasteiger partial charge in [0.1, 0.15) is 11.1 Å². The highest BCUT2D eigenvalue weighted by molar-refractivity contribution is 8.01. The van der Waals surface area contributed by atoms with E-state index in [2.05, 4.69) is 10.6 Å². The Bertz CT molecular complexity index is 964. The lowest BCUT2D eigenvalue weighted by atomic mass is 10.3. The number of nitrogens with zero attached hydrogens (tertiary/aromatic N) is 1. The molecule has 0 bridgehead atoms. The molecule has 0 radical (unpaired) electrons. The smallest absolute Gasteiger partial charge is 0.319 e. The van der Waals surface area contributed by atoms with Gasteiger partial charge < -0.3 is 15.4 Å². The standard InChI is InChI=1S/C21H20FN3O4S2/c1-14(31-13-20(27)24-16-8-6-15(22)7-9-16)21(28)29-12-19(26)25-17-4-2-3-5-18(17)30-11-10-23/h2-9,14H,11-13H2,1H3,(H,24,27)(H,25,26)/t14-/m1/s1. The molecule has 0 aromatic heterocycles. The highest BCUT2D eigenvalue weighted by Crippen LogP contribution is 2.26. The first-order valence-electron chi connectivity index (χ1n) is 9.11. The molecular weight excluding hydrogens is 441 g/mol. The molecule has 0 aliphatic carbocycles. The van der Waals surface area contributed by atoms with Gasteiger partial charge in [0.2, 0.25) is 5.91 Å². The summed E-state index contributed by atoms with van der Waals surface area (Å²) in [6.45, 7) is 1.10. The molecule has 0 aliphatic rings. The van der Waals surface area contributed by atoms with Crippen LogP contribution in [0, 0.1) is 17.1 Å². The normalized spacial score (nSPS) is 11.1. The minimum absolute atomic E-state index is 0.0106. The van der Waals surface area contributed by atoms with Gasteiger partial charge in [-0.3, -0.25) is 14.4 Å². The molecule has 2 amide bonds. The molecule has 1 atom stereocenters. The van der Waals surface area contributed by atoms with E-state index in [1.54, 1.807) is 31.2 Å². The SMILES string of the molecule is C[C@@H](SCC(=O)Nc1ccc(F)cc1)C(=O)OCC(=O)Nc1ccccc1SCC#N. The monoisotopic (exact) mass is 461 g/mol. The zero-order chi connectivity index (χ0) is 22.6. The van der Waals surface area contributed by atoms with E-state index in [1.807, 2.05) is 6.07 Å². The van der Waals surface area contributed by atoms with Crippen LogP contribution in [0.1, 0.15) is 6.92 Å². The summed E-state index contributed by atoms with van der Waals surface area (Å²) in [6, 6.07) is 14.4. The number of hydrogen-bond acceptors (Lipinski definition) is 7. The molecule has 2 rings (SSSR count). The molecule has 2 aromatic rings. The summed E-state index contributed by atoms with van der Waals surface area (Å²) in [6.07, 6.45) is 0. The summed E-state index contributed by atoms with van der Waals surface area (Å²) in [5, 5.41) is 13.3. The number of rotatable bonds is 10. The van der Waals surface area contributed by atoms with Crippen molar-refractivity contribution in [1.29, 1.82) is 5.26 Å². The number of nitrogens with one attached hydrogen (secondary N) is 2. The molecule has 10 heteroatoms. The van der Waals surface area contributed by atoms with Gasteiger partial charge in [-0.1, -0.05) is 12.1 Å². The fraction of sp³-hybridized carbons (Fsp3) is 0.238. The Labute approximate surface area is 187 Å². The molecule has 7 nitrogen and oxygen atoms in total. The number of hydrogen-bond donors (Lipinski definition) is 2. The van der Waals surface area contributed by atoms with Gasteiger partial charge in [-0.25, -0.2) is 4.39 Å². The van der Waals surface area contributed by atoms with E-state index < -0.39 is 29.6 Å². The second kappa shape index (κ2) is 12.6. The van der Waals surface area contributed by atoms with E-state index in [1.165, 1.54) is 36.0 Å². The van der Waals surface area contributed by atoms with Crippen molar-refractivity contribution in [3.63, 3.8) is 0 Å². The van der Waals surface area contributed by atoms with E-state index in [4.69, 9.17) is 10.00 Å². The lowest BCUT2D eigenvalue weighted by Crippen LogP contribution is -2.26. The van der Waals surface area contributed by atoms with Crippen molar-refractivity contribution in [2.75, 3.05) is 28.7 Å². The molecular formula is C21H20FN3O4S2. The summed E-state index contributed by atoms with van der Waals surface area (Å²) in [4.78, 5) is 36.9. The fourth-order valence-electron chi connectivity index (χ4n) is 2.25. The average Bonchev–Trinajstić information content (AvgIpc) is 2.76. The van der Waals surface area contributed by atoms with E-state index >= 15 is 0 Å². The first-order valence-corrected chi connectivity index (χ1v) is 11.1. The van der Waals surface area contributed by atoms with Crippen LogP contribution >= 0.6 is 23.5 Å². The van der Waals surface area contributed by atoms with Gasteiger partial charge in [-0.05, 0) is 43.3 Å². The lowest BCUT2D eigenvalue weighted by Gasteiger charge is -2.12. The number of thioether (sulfide) groups is 2. The van der Waals surface area contributed by atoms with Crippen LogP contribution < -0.4 is 10.6 Å². The molecule has 2 aromatic carbocycles. The number of carbonyl (C=O) groups is 3. The van der Waals surface area contributed by atoms with Crippen molar-refractivity contribution >= 4 is 52.7 Å². The van der Waals surface area contributed by atoms with Crippen LogP contribution in [0.2, 0.25) is 0 Å². The summed E-state index contributed by atoms with van der Waals surface area (Å²) < 4.78 is 17.9. The third-order valence-electron chi connectivity index (χ3n) is 3.72. The molecule has 0 spiro atoms. The topological polar surface area (TPSA) is 108 Å². The molecule has 2 N–H and O–H groups in total. The van der Waals surface area contributed by atoms with E-state index in [9.17, 15) is 18.8 Å². The highest BCUT2D eigenvalue weighted by Gasteiger charge is 2.18. The van der Waals surface area contributed by atoms with Gasteiger partial charge in [-0.2, -0.15) is 5.26 Å². The number of halogens is 1. The molecule has 31 heavy (non-hydrogen) atoms. The average molecular weight is 462 g/mol. The van der Waals surface area contributed by atoms with Crippen LogP contribution in [0.4, 0.5) is 15.8 Å². The third-order valence-corrected chi connectivity index (χ3v) is 5.78. The molecule has 0 aliphatic heterocycles. The maximum Gasteiger partial charge on any atom is 0.319 e. The second-order valence-electron chi connectivity index (χ2n) is 6.11. The summed E-state index contributed by atoms with van der Waals surface area (Å²) >= 11 is 2.34. The van der Waals surface area contributed by atoms with Gasteiger partial charge in [0.05, 0.1) is 23.3 Å². The molecule has 0 fully saturated rings. The maximum absolute atomic E-state index is 12.9. The van der Waals surface area contributed by atoms with Gasteiger partial charge in [-0.15, -0.1) is 23.5 Å². The first-order chi connectivity index (χ1) is 14.9. The number of amides is 2. The minimum atomic E-state index is -0.662. The zero-order valence-corrected chi connectivity index (χ0v) is 18.2. The van der Waals surface area contributed by atoms with Gasteiger partial charge in [0, 0.05) is 10.6 Å². The van der Waals surface area contributed by atoms with Crippen molar-refractivity contribution in [3.8, 4) is 6.07 Å². The van der Waals surface area contributed by atoms with Crippen molar-refractivity contribution in [1.82, 2.24) is 0 Å². The number of para-hydroxylation sites is 1. The number of carbonyl (C=O) groups excluding carboxylic acids is 3. The Balaban J connectivity index is 1.73. The number of benzene rings is 2. The van der Waals surface area contributed by atoms with Crippen molar-refractivity contribution < 1.29 is 23.5 Å². The second-order valence-corrected chi connectivity index (χ2v) is 8.45. The number of ether oxygens (including phenoxy) is 1. The van der Waals surface area contributed by atoms with E-state index in [0.717, 1.165) is 16.7 Å². The van der Waals surface area contributed by atoms with Gasteiger partial charge in [0.25, 0.3) is 5.91 Å². The van der Waals surface area contributed by atoms with Crippen LogP contribution in [-0.2, 0) is 19.1 Å². The van der Waals surface area contributed by atoms with Crippen LogP contribution in [-0.4, -0.2) is 41.1 Å². The van der Waals surface area contributed by atoms with Crippen LogP contribution in [0.25, 0.3) is 0 Å². The highest BCUT2D eigenvalue weighted by atomic mass is 32.2. The first kappa shape index (κ1) is 24.2. The Morgan fingerprint density at radius 2 is 1.81 bits per heavy atom. The van der Waals surface area contributed by atoms with Gasteiger partial charge >= 0.3 is 5.97 Å². The lowest BCUT2D eigenvalue weighted by molar-refractivity contribution is -0.146. The number of esters is 1. The van der Waals surface area contributed by atoms with E-state index in [0.29, 0.717) is 11.4 Å². The molecule has 0 heterocycles. The predicted molar refractivity (Wildman–Crippen MR) is 119 cm³/mol. The Kier molecular flexibility index (Phi) is 9.87. The van der Waals surface area contributed by atoms with Crippen molar-refractivity contribution in [2.24, 2.45) is 0 Å². The molecule has 0 saturated heterocycles. The Morgan fingerprint density at radius 1 is 1.10 bits per heavy atom. The molecule has 0 unspecified atom stereocenters. The summed E-state index contributed by atoms with van der Waals surface area (Å²) in [7, 11) is 0. The zero-order valence-electron chi connectivity index (χ0n) is 16.6. The van der Waals surface area contributed by atoms with Crippen LogP contribution in [0.5, 0.6) is 0 Å². The summed E-state index contributed by atoms with van der Waals surface area (Å²) in [5.41, 5.74) is 0.982. The maximum atomic E-state index is 12.9. The predicted octanol–water partition coefficient (Wildman–Crippen LogP) is 3.68. The van der Waals surface area contributed by atoms with Crippen LogP contribution in [0.3, 0.4) is 0 Å². The number of anilines is 2. The van der Waals surface area contributed by atoms with Crippen molar-refractivity contribution in [2.45, 2.75) is 17.1 Å².